The smallest absolute Gasteiger partial charge is 0.256 e. The standard InChI is InChI=1S/C25H32N2O4S/c1-4-31-21-15-14-18(16-22(21)30-3)26-25(29)20-12-8-9-13-23(20)32-17-24(28)27(2)19-10-6-5-7-11-19/h8-9,12-16,19H,4-7,10-11,17H2,1-3H3,(H,26,29). The van der Waals surface area contributed by atoms with Gasteiger partial charge in [0, 0.05) is 29.7 Å². The summed E-state index contributed by atoms with van der Waals surface area (Å²) >= 11 is 1.41. The molecule has 0 unspecified atom stereocenters. The molecule has 0 bridgehead atoms. The van der Waals surface area contributed by atoms with E-state index in [0.717, 1.165) is 17.7 Å². The first-order chi connectivity index (χ1) is 15.5. The molecule has 0 saturated heterocycles. The first-order valence-electron chi connectivity index (χ1n) is 11.1. The number of carbonyl (C=O) groups is 2. The van der Waals surface area contributed by atoms with Gasteiger partial charge in [-0.3, -0.25) is 9.59 Å². The number of nitrogens with one attached hydrogen (secondary N) is 1. The van der Waals surface area contributed by atoms with Gasteiger partial charge in [0.2, 0.25) is 5.91 Å². The van der Waals surface area contributed by atoms with Gasteiger partial charge < -0.3 is 19.7 Å². The molecular formula is C25H32N2O4S. The normalized spacial score (nSPS) is 14.0. The van der Waals surface area contributed by atoms with Gasteiger partial charge in [-0.25, -0.2) is 0 Å². The molecule has 0 atom stereocenters. The predicted octanol–water partition coefficient (Wildman–Crippen LogP) is 5.23. The minimum Gasteiger partial charge on any atom is -0.493 e. The third kappa shape index (κ3) is 6.19. The van der Waals surface area contributed by atoms with E-state index in [1.54, 1.807) is 31.4 Å². The van der Waals surface area contributed by atoms with Crippen molar-refractivity contribution < 1.29 is 19.1 Å². The van der Waals surface area contributed by atoms with Crippen LogP contribution in [0.4, 0.5) is 5.69 Å². The van der Waals surface area contributed by atoms with E-state index in [4.69, 9.17) is 9.47 Å². The van der Waals surface area contributed by atoms with Crippen molar-refractivity contribution in [3.05, 3.63) is 48.0 Å². The zero-order valence-electron chi connectivity index (χ0n) is 19.1. The molecule has 2 aromatic rings. The first kappa shape index (κ1) is 24.0. The van der Waals surface area contributed by atoms with Crippen LogP contribution in [0.15, 0.2) is 47.4 Å². The number of hydrogen-bond donors (Lipinski definition) is 1. The van der Waals surface area contributed by atoms with Gasteiger partial charge in [-0.05, 0) is 44.0 Å². The monoisotopic (exact) mass is 456 g/mol. The molecule has 1 aliphatic rings. The molecule has 32 heavy (non-hydrogen) atoms. The van der Waals surface area contributed by atoms with Gasteiger partial charge in [0.25, 0.3) is 5.91 Å². The fourth-order valence-corrected chi connectivity index (χ4v) is 4.89. The average molecular weight is 457 g/mol. The Morgan fingerprint density at radius 3 is 2.56 bits per heavy atom. The maximum atomic E-state index is 13.0. The molecular weight excluding hydrogens is 424 g/mol. The van der Waals surface area contributed by atoms with Gasteiger partial charge in [-0.2, -0.15) is 0 Å². The van der Waals surface area contributed by atoms with Crippen LogP contribution in [0, 0.1) is 0 Å². The number of ether oxygens (including phenoxy) is 2. The summed E-state index contributed by atoms with van der Waals surface area (Å²) in [6.07, 6.45) is 5.80. The highest BCUT2D eigenvalue weighted by Crippen LogP contribution is 2.31. The summed E-state index contributed by atoms with van der Waals surface area (Å²) in [5, 5.41) is 2.92. The largest absolute Gasteiger partial charge is 0.493 e. The zero-order valence-corrected chi connectivity index (χ0v) is 19.9. The molecule has 0 aliphatic heterocycles. The lowest BCUT2D eigenvalue weighted by atomic mass is 9.94. The van der Waals surface area contributed by atoms with Crippen molar-refractivity contribution in [1.29, 1.82) is 0 Å². The Hall–Kier alpha value is -2.67. The predicted molar refractivity (Wildman–Crippen MR) is 129 cm³/mol. The van der Waals surface area contributed by atoms with Crippen LogP contribution in [0.5, 0.6) is 11.5 Å². The van der Waals surface area contributed by atoms with Gasteiger partial charge in [-0.15, -0.1) is 11.8 Å². The van der Waals surface area contributed by atoms with Crippen molar-refractivity contribution in [2.45, 2.75) is 50.0 Å². The molecule has 3 rings (SSSR count). The number of benzene rings is 2. The molecule has 6 nitrogen and oxygen atoms in total. The number of hydrogen-bond acceptors (Lipinski definition) is 5. The van der Waals surface area contributed by atoms with Crippen molar-refractivity contribution in [3.8, 4) is 11.5 Å². The molecule has 2 aromatic carbocycles. The Morgan fingerprint density at radius 2 is 1.84 bits per heavy atom. The van der Waals surface area contributed by atoms with Gasteiger partial charge in [0.15, 0.2) is 11.5 Å². The van der Waals surface area contributed by atoms with Crippen LogP contribution in [0.1, 0.15) is 49.4 Å². The fraction of sp³-hybridized carbons (Fsp3) is 0.440. The quantitative estimate of drug-likeness (QED) is 0.524. The van der Waals surface area contributed by atoms with Crippen LogP contribution in [0.3, 0.4) is 0 Å². The van der Waals surface area contributed by atoms with E-state index in [2.05, 4.69) is 5.32 Å². The van der Waals surface area contributed by atoms with Crippen LogP contribution < -0.4 is 14.8 Å². The molecule has 1 fully saturated rings. The molecule has 0 heterocycles. The molecule has 0 radical (unpaired) electrons. The highest BCUT2D eigenvalue weighted by Gasteiger charge is 2.22. The molecule has 0 aromatic heterocycles. The van der Waals surface area contributed by atoms with E-state index in [0.29, 0.717) is 41.2 Å². The van der Waals surface area contributed by atoms with E-state index < -0.39 is 0 Å². The molecule has 1 N–H and O–H groups in total. The fourth-order valence-electron chi connectivity index (χ4n) is 3.91. The van der Waals surface area contributed by atoms with Crippen molar-refractivity contribution in [2.24, 2.45) is 0 Å². The van der Waals surface area contributed by atoms with E-state index in [1.807, 2.05) is 37.1 Å². The van der Waals surface area contributed by atoms with E-state index in [9.17, 15) is 9.59 Å². The molecule has 172 valence electrons. The van der Waals surface area contributed by atoms with Gasteiger partial charge in [-0.1, -0.05) is 31.4 Å². The molecule has 2 amide bonds. The summed E-state index contributed by atoms with van der Waals surface area (Å²) in [5.74, 6) is 1.38. The Kier molecular flexibility index (Phi) is 8.85. The van der Waals surface area contributed by atoms with Crippen molar-refractivity contribution >= 4 is 29.3 Å². The second kappa shape index (κ2) is 11.8. The zero-order chi connectivity index (χ0) is 22.9. The van der Waals surface area contributed by atoms with Gasteiger partial charge >= 0.3 is 0 Å². The number of methoxy groups -OCH3 is 1. The summed E-state index contributed by atoms with van der Waals surface area (Å²) < 4.78 is 10.9. The van der Waals surface area contributed by atoms with E-state index in [-0.39, 0.29) is 11.8 Å². The summed E-state index contributed by atoms with van der Waals surface area (Å²) in [7, 11) is 3.47. The number of thioether (sulfide) groups is 1. The SMILES string of the molecule is CCOc1ccc(NC(=O)c2ccccc2SCC(=O)N(C)C2CCCCC2)cc1OC. The number of nitrogens with zero attached hydrogens (tertiary/aromatic N) is 1. The van der Waals surface area contributed by atoms with Crippen LogP contribution in [0.2, 0.25) is 0 Å². The van der Waals surface area contributed by atoms with Crippen LogP contribution >= 0.6 is 11.8 Å². The molecule has 1 saturated carbocycles. The maximum absolute atomic E-state index is 13.0. The van der Waals surface area contributed by atoms with Crippen LogP contribution in [-0.2, 0) is 4.79 Å². The number of carbonyl (C=O) groups excluding carboxylic acids is 2. The summed E-state index contributed by atoms with van der Waals surface area (Å²) in [6, 6.07) is 13.0. The van der Waals surface area contributed by atoms with E-state index in [1.165, 1.54) is 31.0 Å². The lowest BCUT2D eigenvalue weighted by molar-refractivity contribution is -0.129. The second-order valence-corrected chi connectivity index (χ2v) is 8.85. The minimum atomic E-state index is -0.229. The highest BCUT2D eigenvalue weighted by atomic mass is 32.2. The van der Waals surface area contributed by atoms with Gasteiger partial charge in [0.1, 0.15) is 0 Å². The summed E-state index contributed by atoms with van der Waals surface area (Å²) in [6.45, 7) is 2.43. The van der Waals surface area contributed by atoms with Crippen molar-refractivity contribution in [3.63, 3.8) is 0 Å². The topological polar surface area (TPSA) is 67.9 Å². The van der Waals surface area contributed by atoms with Crippen LogP contribution in [0.25, 0.3) is 0 Å². The number of amides is 2. The summed E-state index contributed by atoms with van der Waals surface area (Å²) in [4.78, 5) is 28.4. The Labute approximate surface area is 194 Å². The first-order valence-corrected chi connectivity index (χ1v) is 12.1. The number of rotatable bonds is 9. The van der Waals surface area contributed by atoms with Crippen molar-refractivity contribution in [2.75, 3.05) is 31.8 Å². The Morgan fingerprint density at radius 1 is 1.09 bits per heavy atom. The lowest BCUT2D eigenvalue weighted by Crippen LogP contribution is -2.39. The second-order valence-electron chi connectivity index (χ2n) is 7.83. The molecule has 7 heteroatoms. The maximum Gasteiger partial charge on any atom is 0.256 e. The third-order valence-corrected chi connectivity index (χ3v) is 6.78. The summed E-state index contributed by atoms with van der Waals surface area (Å²) in [5.41, 5.74) is 1.15. The Bertz CT molecular complexity index is 928. The minimum absolute atomic E-state index is 0.105. The molecule has 1 aliphatic carbocycles. The Balaban J connectivity index is 1.65. The lowest BCUT2D eigenvalue weighted by Gasteiger charge is -2.31. The van der Waals surface area contributed by atoms with Gasteiger partial charge in [0.05, 0.1) is 25.0 Å². The van der Waals surface area contributed by atoms with Crippen LogP contribution in [-0.4, -0.2) is 49.3 Å². The van der Waals surface area contributed by atoms with E-state index >= 15 is 0 Å². The highest BCUT2D eigenvalue weighted by molar-refractivity contribution is 8.00. The average Bonchev–Trinajstić information content (AvgIpc) is 2.83. The molecule has 0 spiro atoms. The number of anilines is 1. The van der Waals surface area contributed by atoms with Crippen molar-refractivity contribution in [1.82, 2.24) is 4.90 Å². The third-order valence-electron chi connectivity index (χ3n) is 5.72.